The van der Waals surface area contributed by atoms with Gasteiger partial charge in [-0.3, -0.25) is 0 Å². The molecule has 1 saturated heterocycles. The van der Waals surface area contributed by atoms with E-state index in [2.05, 4.69) is 6.58 Å². The first-order chi connectivity index (χ1) is 12.0. The third-order valence-corrected chi connectivity index (χ3v) is 13.8. The Morgan fingerprint density at radius 1 is 1.19 bits per heavy atom. The van der Waals surface area contributed by atoms with E-state index in [1.165, 1.54) is 11.4 Å². The first-order valence-corrected chi connectivity index (χ1v) is 13.4. The van der Waals surface area contributed by atoms with Crippen molar-refractivity contribution in [3.63, 3.8) is 0 Å². The average molecular weight is 446 g/mol. The van der Waals surface area contributed by atoms with E-state index in [1.54, 1.807) is 0 Å². The topological polar surface area (TPSA) is 9.23 Å². The number of hydrogen-bond donors (Lipinski definition) is 0. The van der Waals surface area contributed by atoms with Gasteiger partial charge in [-0.25, -0.2) is 22.0 Å². The summed E-state index contributed by atoms with van der Waals surface area (Å²) >= 11 is 7.27. The molecule has 1 aromatic rings. The Morgan fingerprint density at radius 3 is 2.27 bits per heavy atom. The van der Waals surface area contributed by atoms with Crippen molar-refractivity contribution in [1.82, 2.24) is 0 Å². The fourth-order valence-corrected chi connectivity index (χ4v) is 14.9. The number of halogens is 5. The fourth-order valence-electron chi connectivity index (χ4n) is 3.20. The van der Waals surface area contributed by atoms with Crippen LogP contribution in [0, 0.1) is 35.0 Å². The Balaban J connectivity index is 1.91. The highest BCUT2D eigenvalue weighted by molar-refractivity contribution is 8.99. The molecule has 10 heteroatoms. The van der Waals surface area contributed by atoms with Gasteiger partial charge in [0.15, 0.2) is 27.9 Å². The quantitative estimate of drug-likeness (QED) is 0.163. The van der Waals surface area contributed by atoms with Crippen molar-refractivity contribution in [1.29, 1.82) is 0 Å². The van der Waals surface area contributed by atoms with Crippen LogP contribution < -0.4 is 0 Å². The number of hydrogen-bond acceptors (Lipinski definition) is 4. The molecule has 0 amide bonds. The van der Waals surface area contributed by atoms with Crippen LogP contribution in [0.3, 0.4) is 0 Å². The molecule has 0 aromatic heterocycles. The first-order valence-electron chi connectivity index (χ1n) is 7.83. The second-order valence-corrected chi connectivity index (χ2v) is 17.4. The van der Waals surface area contributed by atoms with Gasteiger partial charge in [0.25, 0.3) is 0 Å². The van der Waals surface area contributed by atoms with Crippen LogP contribution in [0.2, 0.25) is 0 Å². The largest absolute Gasteiger partial charge is 0.329 e. The van der Waals surface area contributed by atoms with Gasteiger partial charge in [0.05, 0.1) is 11.0 Å². The first kappa shape index (κ1) is 20.6. The molecule has 2 aliphatic rings. The molecule has 0 spiro atoms. The third-order valence-electron chi connectivity index (χ3n) is 4.82. The van der Waals surface area contributed by atoms with Crippen molar-refractivity contribution in [3.8, 4) is 0 Å². The number of allylic oxidation sites excluding steroid dienone is 1. The van der Waals surface area contributed by atoms with Gasteiger partial charge >= 0.3 is 0 Å². The molecule has 26 heavy (non-hydrogen) atoms. The third kappa shape index (κ3) is 3.50. The molecule has 1 saturated carbocycles. The molecule has 2 fully saturated rings. The number of rotatable bonds is 3. The van der Waals surface area contributed by atoms with E-state index < -0.39 is 38.7 Å². The molecule has 1 aromatic carbocycles. The Hall–Kier alpha value is -0.0800. The fraction of sp³-hybridized carbons (Fsp3) is 0.500. The van der Waals surface area contributed by atoms with Crippen LogP contribution in [-0.4, -0.2) is 10.9 Å². The summed E-state index contributed by atoms with van der Waals surface area (Å²) in [6, 6.07) is 0. The highest BCUT2D eigenvalue weighted by Gasteiger charge is 2.53. The molecular formula is C16H16F5OPS3. The minimum atomic E-state index is -2.93. The molecule has 0 radical (unpaired) electrons. The van der Waals surface area contributed by atoms with Gasteiger partial charge < -0.3 is 4.52 Å². The summed E-state index contributed by atoms with van der Waals surface area (Å²) in [5, 5.41) is 0. The monoisotopic (exact) mass is 446 g/mol. The number of benzene rings is 1. The summed E-state index contributed by atoms with van der Waals surface area (Å²) in [6.07, 6.45) is 2.15. The van der Waals surface area contributed by atoms with Crippen molar-refractivity contribution in [2.45, 2.75) is 48.9 Å². The highest BCUT2D eigenvalue weighted by Crippen LogP contribution is 2.82. The van der Waals surface area contributed by atoms with Crippen LogP contribution in [0.5, 0.6) is 0 Å². The lowest BCUT2D eigenvalue weighted by Crippen LogP contribution is -2.39. The van der Waals surface area contributed by atoms with Crippen LogP contribution in [0.25, 0.3) is 0 Å². The Labute approximate surface area is 161 Å². The molecule has 144 valence electrons. The smallest absolute Gasteiger partial charge is 0.200 e. The summed E-state index contributed by atoms with van der Waals surface area (Å²) in [5.74, 6) is -9.56. The zero-order chi connectivity index (χ0) is 19.4. The van der Waals surface area contributed by atoms with Crippen LogP contribution in [-0.2, 0) is 16.3 Å². The second-order valence-electron chi connectivity index (χ2n) is 6.75. The average Bonchev–Trinajstić information content (AvgIpc) is 2.84. The summed E-state index contributed by atoms with van der Waals surface area (Å²) in [4.78, 5) is -0.962. The Bertz CT molecular complexity index is 804. The Morgan fingerprint density at radius 2 is 1.73 bits per heavy atom. The predicted octanol–water partition coefficient (Wildman–Crippen LogP) is 6.97. The van der Waals surface area contributed by atoms with E-state index >= 15 is 0 Å². The van der Waals surface area contributed by atoms with E-state index in [0.717, 1.165) is 18.4 Å². The number of fused-ring (bicyclic) bond motifs is 1. The lowest BCUT2D eigenvalue weighted by Gasteiger charge is -2.37. The van der Waals surface area contributed by atoms with Crippen LogP contribution in [0.1, 0.15) is 33.1 Å². The summed E-state index contributed by atoms with van der Waals surface area (Å²) in [5.41, 5.74) is 1.04. The molecular weight excluding hydrogens is 430 g/mol. The highest BCUT2D eigenvalue weighted by atomic mass is 33.2. The summed E-state index contributed by atoms with van der Waals surface area (Å²) < 4.78 is 70.9. The van der Waals surface area contributed by atoms with Gasteiger partial charge in [0.1, 0.15) is 0 Å². The van der Waals surface area contributed by atoms with Crippen molar-refractivity contribution in [3.05, 3.63) is 41.2 Å². The lowest BCUT2D eigenvalue weighted by molar-refractivity contribution is 0.129. The van der Waals surface area contributed by atoms with E-state index in [4.69, 9.17) is 16.3 Å². The van der Waals surface area contributed by atoms with Crippen molar-refractivity contribution < 1.29 is 26.5 Å². The standard InChI is InChI=1S/C16H16F5OPS3/c1-7(2)8-4-5-16(3)9(6-8)22-23(24,26-16)25-15-13(20)11(18)10(17)12(19)14(15)21/h8-9H,1,4-6H2,2-3H3/t8-,9-,16+,23-/m0/s1. The molecule has 0 unspecified atom stereocenters. The maximum atomic E-state index is 14.0. The minimum Gasteiger partial charge on any atom is -0.329 e. The van der Waals surface area contributed by atoms with E-state index in [0.29, 0.717) is 17.8 Å². The predicted molar refractivity (Wildman–Crippen MR) is 99.4 cm³/mol. The maximum Gasteiger partial charge on any atom is 0.200 e. The SMILES string of the molecule is C=C(C)[C@H]1CC[C@@]2(C)S[P@@](=S)(Sc3c(F)c(F)c(F)c(F)c3F)O[C@H]2C1. The molecule has 3 rings (SSSR count). The molecule has 1 aliphatic heterocycles. The van der Waals surface area contributed by atoms with E-state index in [1.807, 2.05) is 13.8 Å². The molecule has 1 heterocycles. The molecule has 4 atom stereocenters. The van der Waals surface area contributed by atoms with Gasteiger partial charge in [0.2, 0.25) is 5.82 Å². The van der Waals surface area contributed by atoms with Gasteiger partial charge in [-0.05, 0) is 62.2 Å². The minimum absolute atomic E-state index is 0.234. The lowest BCUT2D eigenvalue weighted by atomic mass is 9.77. The zero-order valence-corrected chi connectivity index (χ0v) is 17.3. The molecule has 1 nitrogen and oxygen atoms in total. The normalized spacial score (nSPS) is 34.0. The van der Waals surface area contributed by atoms with Gasteiger partial charge in [-0.2, -0.15) is 0 Å². The Kier molecular flexibility index (Phi) is 5.61. The van der Waals surface area contributed by atoms with Gasteiger partial charge in [-0.1, -0.05) is 23.5 Å². The molecule has 1 aliphatic carbocycles. The van der Waals surface area contributed by atoms with E-state index in [9.17, 15) is 22.0 Å². The zero-order valence-electron chi connectivity index (χ0n) is 14.0. The van der Waals surface area contributed by atoms with Crippen molar-refractivity contribution in [2.24, 2.45) is 5.92 Å². The molecule has 0 bridgehead atoms. The van der Waals surface area contributed by atoms with Crippen LogP contribution >= 0.6 is 27.4 Å². The van der Waals surface area contributed by atoms with Crippen molar-refractivity contribution in [2.75, 3.05) is 0 Å². The van der Waals surface area contributed by atoms with Crippen molar-refractivity contribution >= 4 is 39.2 Å². The summed E-state index contributed by atoms with van der Waals surface area (Å²) in [7, 11) is 0. The van der Waals surface area contributed by atoms with Crippen LogP contribution in [0.15, 0.2) is 17.0 Å². The molecule has 0 N–H and O–H groups in total. The summed E-state index contributed by atoms with van der Waals surface area (Å²) in [6.45, 7) is 7.88. The maximum absolute atomic E-state index is 14.0. The van der Waals surface area contributed by atoms with Crippen LogP contribution in [0.4, 0.5) is 22.0 Å². The van der Waals surface area contributed by atoms with E-state index in [-0.39, 0.29) is 16.8 Å². The van der Waals surface area contributed by atoms with Gasteiger partial charge in [-0.15, -0.1) is 0 Å². The second kappa shape index (κ2) is 7.07. The van der Waals surface area contributed by atoms with Gasteiger partial charge in [0, 0.05) is 4.75 Å².